The van der Waals surface area contributed by atoms with Crippen LogP contribution in [0.1, 0.15) is 96.9 Å². The summed E-state index contributed by atoms with van der Waals surface area (Å²) in [6, 6.07) is 13.1. The minimum Gasteiger partial charge on any atom is -0.469 e. The number of piperidine rings is 2. The lowest BCUT2D eigenvalue weighted by molar-refractivity contribution is -0.151. The van der Waals surface area contributed by atoms with Crippen LogP contribution in [-0.2, 0) is 16.1 Å². The van der Waals surface area contributed by atoms with Crippen LogP contribution in [0, 0.1) is 17.3 Å². The molecule has 3 saturated carbocycles. The highest BCUT2D eigenvalue weighted by molar-refractivity contribution is 5.78. The Labute approximate surface area is 265 Å². The van der Waals surface area contributed by atoms with Crippen molar-refractivity contribution in [2.24, 2.45) is 17.3 Å². The van der Waals surface area contributed by atoms with Gasteiger partial charge < -0.3 is 13.9 Å². The van der Waals surface area contributed by atoms with Gasteiger partial charge in [0.15, 0.2) is 0 Å². The molecule has 5 atom stereocenters. The van der Waals surface area contributed by atoms with Crippen LogP contribution in [0.5, 0.6) is 0 Å². The standard InChI is InChI=1S/C37H48N4O4/c1-37(2,36(44)45-3)23-39-19-9-14-29(34(39)42)33-35(43)41(31-16-7-6-15-30(31)38-33)28-21-26-12-8-13-27(22-28)40(26)32-20-24-10-4-5-11-25(32)18-17-24/h6-7,9,14-16,19,24-28,32H,4-5,8,10-13,17-18,20-23H2,1-3H3. The molecule has 0 N–H and O–H groups in total. The molecule has 1 aromatic carbocycles. The van der Waals surface area contributed by atoms with Crippen LogP contribution in [0.2, 0.25) is 0 Å². The topological polar surface area (TPSA) is 86.4 Å². The summed E-state index contributed by atoms with van der Waals surface area (Å²) in [7, 11) is 1.35. The first-order valence-electron chi connectivity index (χ1n) is 17.3. The zero-order chi connectivity index (χ0) is 31.3. The number of fused-ring (bicyclic) bond motifs is 9. The van der Waals surface area contributed by atoms with E-state index in [0.29, 0.717) is 18.1 Å². The Balaban J connectivity index is 1.26. The summed E-state index contributed by atoms with van der Waals surface area (Å²) in [4.78, 5) is 48.5. The molecule has 5 fully saturated rings. The lowest BCUT2D eigenvalue weighted by Crippen LogP contribution is -2.60. The molecule has 4 heterocycles. The van der Waals surface area contributed by atoms with Gasteiger partial charge in [0.05, 0.1) is 29.1 Å². The van der Waals surface area contributed by atoms with Crippen LogP contribution in [0.3, 0.4) is 0 Å². The molecule has 2 aliphatic heterocycles. The number of aromatic nitrogens is 3. The molecule has 0 amide bonds. The molecule has 4 bridgehead atoms. The Kier molecular flexibility index (Phi) is 8.21. The van der Waals surface area contributed by atoms with E-state index in [1.54, 1.807) is 32.2 Å². The number of carbonyl (C=O) groups excluding carboxylic acids is 1. The second-order valence-electron chi connectivity index (χ2n) is 15.0. The number of rotatable bonds is 6. The van der Waals surface area contributed by atoms with Crippen LogP contribution in [0.15, 0.2) is 52.2 Å². The third-order valence-electron chi connectivity index (χ3n) is 11.6. The van der Waals surface area contributed by atoms with E-state index in [-0.39, 0.29) is 35.0 Å². The van der Waals surface area contributed by atoms with E-state index in [1.807, 2.05) is 28.8 Å². The van der Waals surface area contributed by atoms with E-state index in [0.717, 1.165) is 35.7 Å². The number of esters is 1. The highest BCUT2D eigenvalue weighted by Gasteiger charge is 2.46. The van der Waals surface area contributed by atoms with Crippen LogP contribution in [-0.4, -0.2) is 50.2 Å². The van der Waals surface area contributed by atoms with E-state index in [4.69, 9.17) is 9.72 Å². The summed E-state index contributed by atoms with van der Waals surface area (Å²) < 4.78 is 8.46. The maximum Gasteiger partial charge on any atom is 0.313 e. The molecule has 8 rings (SSSR count). The highest BCUT2D eigenvalue weighted by atomic mass is 16.5. The van der Waals surface area contributed by atoms with Gasteiger partial charge in [-0.2, -0.15) is 0 Å². The van der Waals surface area contributed by atoms with Gasteiger partial charge in [0.1, 0.15) is 5.69 Å². The van der Waals surface area contributed by atoms with Crippen molar-refractivity contribution in [1.82, 2.24) is 19.0 Å². The number of ether oxygens (including phenoxy) is 1. The van der Waals surface area contributed by atoms with Crippen molar-refractivity contribution in [2.75, 3.05) is 7.11 Å². The minimum absolute atomic E-state index is 0.0608. The van der Waals surface area contributed by atoms with Crippen molar-refractivity contribution >= 4 is 17.0 Å². The fourth-order valence-electron chi connectivity index (χ4n) is 9.54. The molecule has 2 saturated heterocycles. The van der Waals surface area contributed by atoms with Gasteiger partial charge in [-0.15, -0.1) is 0 Å². The van der Waals surface area contributed by atoms with E-state index in [9.17, 15) is 14.4 Å². The zero-order valence-corrected chi connectivity index (χ0v) is 27.1. The predicted molar refractivity (Wildman–Crippen MR) is 176 cm³/mol. The molecule has 3 aliphatic carbocycles. The summed E-state index contributed by atoms with van der Waals surface area (Å²) in [6.07, 6.45) is 17.0. The van der Waals surface area contributed by atoms with Gasteiger partial charge in [0.25, 0.3) is 11.1 Å². The number of hydrogen-bond acceptors (Lipinski definition) is 6. The Morgan fingerprint density at radius 3 is 2.40 bits per heavy atom. The van der Waals surface area contributed by atoms with Crippen molar-refractivity contribution in [1.29, 1.82) is 0 Å². The Hall–Kier alpha value is -3.26. The second-order valence-corrected chi connectivity index (χ2v) is 15.0. The van der Waals surface area contributed by atoms with Crippen molar-refractivity contribution in [3.63, 3.8) is 0 Å². The molecule has 45 heavy (non-hydrogen) atoms. The van der Waals surface area contributed by atoms with Crippen LogP contribution >= 0.6 is 0 Å². The van der Waals surface area contributed by atoms with Crippen molar-refractivity contribution in [2.45, 2.75) is 122 Å². The average molecular weight is 613 g/mol. The quantitative estimate of drug-likeness (QED) is 0.302. The molecular formula is C37H48N4O4. The van der Waals surface area contributed by atoms with Gasteiger partial charge in [-0.3, -0.25) is 19.3 Å². The van der Waals surface area contributed by atoms with Gasteiger partial charge in [0, 0.05) is 36.9 Å². The first kappa shape index (κ1) is 30.4. The normalized spacial score (nSPS) is 28.9. The second kappa shape index (κ2) is 12.2. The molecular weight excluding hydrogens is 564 g/mol. The maximum absolute atomic E-state index is 14.5. The van der Waals surface area contributed by atoms with Crippen molar-refractivity contribution in [3.05, 3.63) is 63.3 Å². The number of pyridine rings is 1. The summed E-state index contributed by atoms with van der Waals surface area (Å²) in [5.74, 6) is 1.31. The zero-order valence-electron chi connectivity index (χ0n) is 27.1. The number of para-hydroxylation sites is 2. The van der Waals surface area contributed by atoms with E-state index < -0.39 is 11.4 Å². The number of carbonyl (C=O) groups is 1. The average Bonchev–Trinajstić information content (AvgIpc) is 3.01. The third kappa shape index (κ3) is 5.57. The predicted octanol–water partition coefficient (Wildman–Crippen LogP) is 6.34. The molecule has 0 radical (unpaired) electrons. The Morgan fingerprint density at radius 1 is 0.867 bits per heavy atom. The molecule has 8 heteroatoms. The smallest absolute Gasteiger partial charge is 0.313 e. The monoisotopic (exact) mass is 612 g/mol. The number of nitrogens with zero attached hydrogens (tertiary/aromatic N) is 4. The van der Waals surface area contributed by atoms with Crippen LogP contribution in [0.25, 0.3) is 22.3 Å². The molecule has 5 aliphatic rings. The molecule has 5 unspecified atom stereocenters. The van der Waals surface area contributed by atoms with E-state index in [2.05, 4.69) is 4.90 Å². The minimum atomic E-state index is -0.907. The number of hydrogen-bond donors (Lipinski definition) is 0. The van der Waals surface area contributed by atoms with Crippen LogP contribution < -0.4 is 11.1 Å². The molecule has 3 aromatic rings. The highest BCUT2D eigenvalue weighted by Crippen LogP contribution is 2.47. The van der Waals surface area contributed by atoms with Crippen molar-refractivity contribution < 1.29 is 9.53 Å². The lowest BCUT2D eigenvalue weighted by Gasteiger charge is -2.56. The molecule has 8 nitrogen and oxygen atoms in total. The summed E-state index contributed by atoms with van der Waals surface area (Å²) in [5.41, 5.74) is 0.595. The van der Waals surface area contributed by atoms with Gasteiger partial charge >= 0.3 is 5.97 Å². The van der Waals surface area contributed by atoms with Gasteiger partial charge in [-0.1, -0.05) is 44.2 Å². The van der Waals surface area contributed by atoms with E-state index in [1.165, 1.54) is 75.9 Å². The van der Waals surface area contributed by atoms with Gasteiger partial charge in [-0.05, 0) is 94.9 Å². The first-order chi connectivity index (χ1) is 21.7. The Morgan fingerprint density at radius 2 is 1.62 bits per heavy atom. The van der Waals surface area contributed by atoms with Crippen LogP contribution in [0.4, 0.5) is 0 Å². The number of methoxy groups -OCH3 is 1. The fraction of sp³-hybridized carbons (Fsp3) is 0.622. The summed E-state index contributed by atoms with van der Waals surface area (Å²) in [5, 5.41) is 0. The fourth-order valence-corrected chi connectivity index (χ4v) is 9.54. The van der Waals surface area contributed by atoms with E-state index >= 15 is 0 Å². The third-order valence-corrected chi connectivity index (χ3v) is 11.6. The largest absolute Gasteiger partial charge is 0.469 e. The SMILES string of the molecule is COC(=O)C(C)(C)Cn1cccc(-c2nc3ccccc3n(C3CC4CCCC(C3)N4C3CC4CCCCC3CC4)c2=O)c1=O. The molecule has 240 valence electrons. The maximum atomic E-state index is 14.5. The first-order valence-corrected chi connectivity index (χ1v) is 17.3. The summed E-state index contributed by atoms with van der Waals surface area (Å²) in [6.45, 7) is 3.65. The van der Waals surface area contributed by atoms with Gasteiger partial charge in [0.2, 0.25) is 0 Å². The van der Waals surface area contributed by atoms with Crippen molar-refractivity contribution in [3.8, 4) is 11.3 Å². The lowest BCUT2D eigenvalue weighted by atomic mass is 9.69. The Bertz CT molecular complexity index is 1670. The van der Waals surface area contributed by atoms with Gasteiger partial charge in [-0.25, -0.2) is 4.98 Å². The molecule has 0 spiro atoms. The summed E-state index contributed by atoms with van der Waals surface area (Å²) >= 11 is 0. The number of benzene rings is 1. The molecule has 2 aromatic heterocycles.